The fourth-order valence-corrected chi connectivity index (χ4v) is 3.95. The van der Waals surface area contributed by atoms with Crippen LogP contribution in [0.1, 0.15) is 46.0 Å². The van der Waals surface area contributed by atoms with Crippen LogP contribution in [0.5, 0.6) is 0 Å². The highest BCUT2D eigenvalue weighted by Gasteiger charge is 2.21. The van der Waals surface area contributed by atoms with E-state index in [1.165, 1.54) is 24.3 Å². The van der Waals surface area contributed by atoms with E-state index >= 15 is 0 Å². The number of likely N-dealkylation sites (tertiary alicyclic amines) is 1. The number of carbonyl (C=O) groups is 3. The Morgan fingerprint density at radius 1 is 0.906 bits per heavy atom. The van der Waals surface area contributed by atoms with E-state index in [9.17, 15) is 19.5 Å². The largest absolute Gasteiger partial charge is 0.478 e. The molecule has 1 heterocycles. The zero-order chi connectivity index (χ0) is 22.7. The summed E-state index contributed by atoms with van der Waals surface area (Å²) in [5.41, 5.74) is 2.05. The van der Waals surface area contributed by atoms with E-state index in [0.717, 1.165) is 34.8 Å². The van der Waals surface area contributed by atoms with Crippen molar-refractivity contribution in [2.24, 2.45) is 0 Å². The Kier molecular flexibility index (Phi) is 6.03. The van der Waals surface area contributed by atoms with Crippen molar-refractivity contribution in [3.05, 3.63) is 83.4 Å². The quantitative estimate of drug-likeness (QED) is 0.571. The minimum Gasteiger partial charge on any atom is -0.478 e. The summed E-state index contributed by atoms with van der Waals surface area (Å²) in [5.74, 6) is -1.78. The van der Waals surface area contributed by atoms with Gasteiger partial charge in [0.25, 0.3) is 5.91 Å². The summed E-state index contributed by atoms with van der Waals surface area (Å²) >= 11 is 0. The number of aromatic carboxylic acids is 1. The highest BCUT2D eigenvalue weighted by Crippen LogP contribution is 2.23. The fourth-order valence-electron chi connectivity index (χ4n) is 3.95. The van der Waals surface area contributed by atoms with Gasteiger partial charge in [-0.25, -0.2) is 4.79 Å². The Balaban J connectivity index is 1.58. The second kappa shape index (κ2) is 9.06. The molecule has 0 bridgehead atoms. The van der Waals surface area contributed by atoms with E-state index in [0.29, 0.717) is 18.7 Å². The molecule has 4 rings (SSSR count). The molecule has 0 spiro atoms. The van der Waals surface area contributed by atoms with Crippen molar-refractivity contribution in [3.63, 3.8) is 0 Å². The molecule has 1 aliphatic rings. The van der Waals surface area contributed by atoms with Gasteiger partial charge in [-0.05, 0) is 65.9 Å². The Hall–Kier alpha value is -3.93. The molecule has 0 radical (unpaired) electrons. The SMILES string of the molecule is C/C(=C/C(=O)Nc1cc(C(=O)N2CCCC2)ccc1C(=O)O)c1ccc2ccccc2c1. The summed E-state index contributed by atoms with van der Waals surface area (Å²) in [6, 6.07) is 18.2. The van der Waals surface area contributed by atoms with Gasteiger partial charge in [-0.2, -0.15) is 0 Å². The molecule has 0 aromatic heterocycles. The number of anilines is 1. The van der Waals surface area contributed by atoms with Crippen molar-refractivity contribution in [2.45, 2.75) is 19.8 Å². The van der Waals surface area contributed by atoms with Crippen LogP contribution in [-0.2, 0) is 4.79 Å². The standard InChI is InChI=1S/C26H24N2O4/c1-17(19-9-8-18-6-2-3-7-20(18)15-19)14-24(29)27-23-16-21(10-11-22(23)26(31)32)25(30)28-12-4-5-13-28/h2-3,6-11,14-16H,4-5,12-13H2,1H3,(H,27,29)(H,31,32)/b17-14-. The summed E-state index contributed by atoms with van der Waals surface area (Å²) < 4.78 is 0. The van der Waals surface area contributed by atoms with E-state index in [1.807, 2.05) is 49.4 Å². The molecule has 2 N–H and O–H groups in total. The first-order valence-electron chi connectivity index (χ1n) is 10.6. The number of allylic oxidation sites excluding steroid dienone is 1. The van der Waals surface area contributed by atoms with Crippen LogP contribution in [0.4, 0.5) is 5.69 Å². The molecule has 3 aromatic rings. The third kappa shape index (κ3) is 4.54. The number of carboxylic acids is 1. The first-order chi connectivity index (χ1) is 15.4. The molecule has 1 fully saturated rings. The zero-order valence-corrected chi connectivity index (χ0v) is 17.8. The van der Waals surface area contributed by atoms with Crippen molar-refractivity contribution >= 4 is 39.8 Å². The lowest BCUT2D eigenvalue weighted by Crippen LogP contribution is -2.27. The van der Waals surface area contributed by atoms with Gasteiger partial charge in [0.2, 0.25) is 5.91 Å². The van der Waals surface area contributed by atoms with Gasteiger partial charge < -0.3 is 15.3 Å². The van der Waals surface area contributed by atoms with Crippen molar-refractivity contribution in [1.29, 1.82) is 0 Å². The number of nitrogens with zero attached hydrogens (tertiary/aromatic N) is 1. The molecule has 162 valence electrons. The lowest BCUT2D eigenvalue weighted by Gasteiger charge is -2.16. The van der Waals surface area contributed by atoms with Gasteiger partial charge in [-0.1, -0.05) is 36.4 Å². The van der Waals surface area contributed by atoms with Crippen LogP contribution in [0.2, 0.25) is 0 Å². The maximum absolute atomic E-state index is 12.7. The van der Waals surface area contributed by atoms with E-state index in [4.69, 9.17) is 0 Å². The summed E-state index contributed by atoms with van der Waals surface area (Å²) in [5, 5.41) is 14.3. The lowest BCUT2D eigenvalue weighted by molar-refractivity contribution is -0.111. The molecule has 0 unspecified atom stereocenters. The van der Waals surface area contributed by atoms with Crippen LogP contribution in [0.15, 0.2) is 66.7 Å². The Bertz CT molecular complexity index is 1240. The second-order valence-corrected chi connectivity index (χ2v) is 7.94. The molecule has 6 heteroatoms. The highest BCUT2D eigenvalue weighted by atomic mass is 16.4. The van der Waals surface area contributed by atoms with E-state index in [2.05, 4.69) is 5.32 Å². The number of hydrogen-bond acceptors (Lipinski definition) is 3. The molecular formula is C26H24N2O4. The van der Waals surface area contributed by atoms with Gasteiger partial charge in [-0.3, -0.25) is 9.59 Å². The molecule has 0 aliphatic carbocycles. The topological polar surface area (TPSA) is 86.7 Å². The maximum atomic E-state index is 12.7. The number of rotatable bonds is 5. The molecule has 0 atom stereocenters. The van der Waals surface area contributed by atoms with Crippen molar-refractivity contribution in [2.75, 3.05) is 18.4 Å². The molecule has 3 aromatic carbocycles. The van der Waals surface area contributed by atoms with Crippen LogP contribution in [-0.4, -0.2) is 40.9 Å². The zero-order valence-electron chi connectivity index (χ0n) is 17.8. The molecule has 0 saturated carbocycles. The average molecular weight is 428 g/mol. The van der Waals surface area contributed by atoms with Crippen LogP contribution in [0.25, 0.3) is 16.3 Å². The summed E-state index contributed by atoms with van der Waals surface area (Å²) in [7, 11) is 0. The van der Waals surface area contributed by atoms with Crippen LogP contribution >= 0.6 is 0 Å². The van der Waals surface area contributed by atoms with Crippen LogP contribution < -0.4 is 5.32 Å². The number of carboxylic acid groups (broad SMARTS) is 1. The Labute approximate surface area is 186 Å². The van der Waals surface area contributed by atoms with E-state index in [1.54, 1.807) is 4.90 Å². The van der Waals surface area contributed by atoms with E-state index < -0.39 is 11.9 Å². The number of nitrogens with one attached hydrogen (secondary N) is 1. The summed E-state index contributed by atoms with van der Waals surface area (Å²) in [6.07, 6.45) is 3.35. The lowest BCUT2D eigenvalue weighted by atomic mass is 10.0. The maximum Gasteiger partial charge on any atom is 0.337 e. The Morgan fingerprint density at radius 3 is 2.31 bits per heavy atom. The number of fused-ring (bicyclic) bond motifs is 1. The molecule has 1 saturated heterocycles. The van der Waals surface area contributed by atoms with Crippen molar-refractivity contribution < 1.29 is 19.5 Å². The van der Waals surface area contributed by atoms with E-state index in [-0.39, 0.29) is 17.2 Å². The summed E-state index contributed by atoms with van der Waals surface area (Å²) in [6.45, 7) is 3.21. The molecule has 1 aliphatic heterocycles. The first kappa shape index (κ1) is 21.3. The third-order valence-corrected chi connectivity index (χ3v) is 5.70. The number of carbonyl (C=O) groups excluding carboxylic acids is 2. The minimum absolute atomic E-state index is 0.0620. The third-order valence-electron chi connectivity index (χ3n) is 5.70. The van der Waals surface area contributed by atoms with Gasteiger partial charge in [-0.15, -0.1) is 0 Å². The molecule has 2 amide bonds. The normalized spacial score (nSPS) is 13.9. The molecule has 6 nitrogen and oxygen atoms in total. The number of amides is 2. The van der Waals surface area contributed by atoms with Gasteiger partial charge in [0, 0.05) is 24.7 Å². The van der Waals surface area contributed by atoms with Gasteiger partial charge in [0.15, 0.2) is 0 Å². The molecular weight excluding hydrogens is 404 g/mol. The van der Waals surface area contributed by atoms with Crippen molar-refractivity contribution in [3.8, 4) is 0 Å². The first-order valence-corrected chi connectivity index (χ1v) is 10.6. The number of hydrogen-bond donors (Lipinski definition) is 2. The summed E-state index contributed by atoms with van der Waals surface area (Å²) in [4.78, 5) is 38.8. The van der Waals surface area contributed by atoms with Crippen LogP contribution in [0.3, 0.4) is 0 Å². The van der Waals surface area contributed by atoms with Gasteiger partial charge >= 0.3 is 5.97 Å². The van der Waals surface area contributed by atoms with Gasteiger partial charge in [0.1, 0.15) is 0 Å². The fraction of sp³-hybridized carbons (Fsp3) is 0.192. The Morgan fingerprint density at radius 2 is 1.59 bits per heavy atom. The number of benzene rings is 3. The second-order valence-electron chi connectivity index (χ2n) is 7.94. The monoisotopic (exact) mass is 428 g/mol. The predicted molar refractivity (Wildman–Crippen MR) is 125 cm³/mol. The predicted octanol–water partition coefficient (Wildman–Crippen LogP) is 4.82. The van der Waals surface area contributed by atoms with Crippen molar-refractivity contribution in [1.82, 2.24) is 4.90 Å². The van der Waals surface area contributed by atoms with Crippen LogP contribution in [0, 0.1) is 0 Å². The highest BCUT2D eigenvalue weighted by molar-refractivity contribution is 6.08. The smallest absolute Gasteiger partial charge is 0.337 e. The van der Waals surface area contributed by atoms with Gasteiger partial charge in [0.05, 0.1) is 11.3 Å². The molecule has 32 heavy (non-hydrogen) atoms. The average Bonchev–Trinajstić information content (AvgIpc) is 3.33. The minimum atomic E-state index is -1.17.